The molecule has 0 aromatic heterocycles. The molecule has 16 heavy (non-hydrogen) atoms. The molecular formula is C9H21ClN2O3S. The fourth-order valence-corrected chi connectivity index (χ4v) is 3.11. The van der Waals surface area contributed by atoms with Gasteiger partial charge in [-0.1, -0.05) is 0 Å². The molecule has 0 amide bonds. The first-order valence-electron chi connectivity index (χ1n) is 5.23. The van der Waals surface area contributed by atoms with Crippen molar-refractivity contribution in [2.24, 2.45) is 0 Å². The molecule has 0 spiro atoms. The van der Waals surface area contributed by atoms with Crippen LogP contribution in [0.4, 0.5) is 0 Å². The zero-order valence-electron chi connectivity index (χ0n) is 9.81. The number of halogens is 1. The lowest BCUT2D eigenvalue weighted by Crippen LogP contribution is -2.39. The Bertz CT molecular complexity index is 278. The molecule has 5 nitrogen and oxygen atoms in total. The van der Waals surface area contributed by atoms with Gasteiger partial charge in [0.15, 0.2) is 0 Å². The van der Waals surface area contributed by atoms with Gasteiger partial charge in [0.2, 0.25) is 10.0 Å². The van der Waals surface area contributed by atoms with Gasteiger partial charge in [-0.2, -0.15) is 0 Å². The number of nitrogens with zero attached hydrogens (tertiary/aromatic N) is 1. The first kappa shape index (κ1) is 16.1. The van der Waals surface area contributed by atoms with E-state index in [-0.39, 0.29) is 24.2 Å². The number of sulfonamides is 1. The summed E-state index contributed by atoms with van der Waals surface area (Å²) < 4.78 is 30.0. The molecule has 1 atom stereocenters. The van der Waals surface area contributed by atoms with Crippen LogP contribution in [0.25, 0.3) is 0 Å². The quantitative estimate of drug-likeness (QED) is 0.695. The van der Waals surface area contributed by atoms with Gasteiger partial charge >= 0.3 is 0 Å². The Labute approximate surface area is 104 Å². The maximum Gasteiger partial charge on any atom is 0.214 e. The van der Waals surface area contributed by atoms with E-state index in [2.05, 4.69) is 5.32 Å². The number of methoxy groups -OCH3 is 1. The predicted octanol–water partition coefficient (Wildman–Crippen LogP) is 0.0682. The lowest BCUT2D eigenvalue weighted by Gasteiger charge is -2.22. The van der Waals surface area contributed by atoms with E-state index in [1.807, 2.05) is 0 Å². The second-order valence-electron chi connectivity index (χ2n) is 3.83. The fraction of sp³-hybridized carbons (Fsp3) is 1.00. The molecule has 0 aromatic carbocycles. The van der Waals surface area contributed by atoms with Crippen LogP contribution in [0.2, 0.25) is 0 Å². The predicted molar refractivity (Wildman–Crippen MR) is 66.6 cm³/mol. The molecule has 0 aromatic rings. The highest BCUT2D eigenvalue weighted by Crippen LogP contribution is 2.11. The van der Waals surface area contributed by atoms with Gasteiger partial charge in [-0.3, -0.25) is 0 Å². The van der Waals surface area contributed by atoms with Crippen molar-refractivity contribution in [3.05, 3.63) is 0 Å². The number of ether oxygens (including phenoxy) is 1. The van der Waals surface area contributed by atoms with E-state index >= 15 is 0 Å². The van der Waals surface area contributed by atoms with Crippen LogP contribution in [0, 0.1) is 0 Å². The first-order valence-corrected chi connectivity index (χ1v) is 6.84. The SMILES string of the molecule is COCCCS(=O)(=O)N(C)C1CCNC1.Cl. The van der Waals surface area contributed by atoms with Crippen molar-refractivity contribution >= 4 is 22.4 Å². The average molecular weight is 273 g/mol. The van der Waals surface area contributed by atoms with Crippen molar-refractivity contribution in [1.29, 1.82) is 0 Å². The second kappa shape index (κ2) is 7.45. The van der Waals surface area contributed by atoms with Crippen LogP contribution in [0.1, 0.15) is 12.8 Å². The third kappa shape index (κ3) is 4.55. The van der Waals surface area contributed by atoms with Crippen LogP contribution in [-0.4, -0.2) is 58.4 Å². The van der Waals surface area contributed by atoms with E-state index in [0.29, 0.717) is 13.0 Å². The zero-order chi connectivity index (χ0) is 11.3. The molecule has 98 valence electrons. The highest BCUT2D eigenvalue weighted by atomic mass is 35.5. The van der Waals surface area contributed by atoms with E-state index in [9.17, 15) is 8.42 Å². The molecule has 1 fully saturated rings. The Morgan fingerprint density at radius 3 is 2.69 bits per heavy atom. The number of likely N-dealkylation sites (N-methyl/N-ethyl adjacent to an activating group) is 1. The molecule has 1 aliphatic rings. The van der Waals surface area contributed by atoms with Gasteiger partial charge in [-0.25, -0.2) is 12.7 Å². The lowest BCUT2D eigenvalue weighted by molar-refractivity contribution is 0.199. The smallest absolute Gasteiger partial charge is 0.214 e. The highest BCUT2D eigenvalue weighted by molar-refractivity contribution is 7.89. The van der Waals surface area contributed by atoms with Gasteiger partial charge in [0, 0.05) is 33.4 Å². The molecule has 0 bridgehead atoms. The summed E-state index contributed by atoms with van der Waals surface area (Å²) in [5.74, 6) is 0.174. The minimum Gasteiger partial charge on any atom is -0.385 e. The standard InChI is InChI=1S/C9H20N2O3S.ClH/c1-11(9-4-5-10-8-9)15(12,13)7-3-6-14-2;/h9-10H,3-8H2,1-2H3;1H. The van der Waals surface area contributed by atoms with E-state index in [4.69, 9.17) is 4.74 Å². The van der Waals surface area contributed by atoms with Crippen LogP contribution >= 0.6 is 12.4 Å². The van der Waals surface area contributed by atoms with Crippen LogP contribution in [0.15, 0.2) is 0 Å². The molecule has 0 aliphatic carbocycles. The number of nitrogens with one attached hydrogen (secondary N) is 1. The fourth-order valence-electron chi connectivity index (χ4n) is 1.71. The monoisotopic (exact) mass is 272 g/mol. The summed E-state index contributed by atoms with van der Waals surface area (Å²) in [7, 11) is 0.144. The summed E-state index contributed by atoms with van der Waals surface area (Å²) in [4.78, 5) is 0. The molecule has 1 unspecified atom stereocenters. The Balaban J connectivity index is 0.00000225. The number of hydrogen-bond donors (Lipinski definition) is 1. The average Bonchev–Trinajstić information content (AvgIpc) is 2.69. The molecule has 7 heteroatoms. The van der Waals surface area contributed by atoms with Crippen LogP contribution in [0.5, 0.6) is 0 Å². The van der Waals surface area contributed by atoms with E-state index in [1.165, 1.54) is 4.31 Å². The molecular weight excluding hydrogens is 252 g/mol. The minimum atomic E-state index is -3.10. The van der Waals surface area contributed by atoms with Gasteiger partial charge in [-0.05, 0) is 19.4 Å². The van der Waals surface area contributed by atoms with Crippen LogP contribution in [-0.2, 0) is 14.8 Å². The second-order valence-corrected chi connectivity index (χ2v) is 5.97. The third-order valence-electron chi connectivity index (χ3n) is 2.74. The molecule has 0 saturated carbocycles. The van der Waals surface area contributed by atoms with Gasteiger partial charge in [-0.15, -0.1) is 12.4 Å². The van der Waals surface area contributed by atoms with E-state index < -0.39 is 10.0 Å². The Kier molecular flexibility index (Phi) is 7.50. The summed E-state index contributed by atoms with van der Waals surface area (Å²) >= 11 is 0. The Morgan fingerprint density at radius 1 is 1.50 bits per heavy atom. The summed E-state index contributed by atoms with van der Waals surface area (Å²) in [5.41, 5.74) is 0. The Morgan fingerprint density at radius 2 is 2.19 bits per heavy atom. The van der Waals surface area contributed by atoms with Crippen molar-refractivity contribution in [2.75, 3.05) is 39.6 Å². The minimum absolute atomic E-state index is 0. The highest BCUT2D eigenvalue weighted by Gasteiger charge is 2.27. The zero-order valence-corrected chi connectivity index (χ0v) is 11.4. The number of hydrogen-bond acceptors (Lipinski definition) is 4. The van der Waals surface area contributed by atoms with Gasteiger partial charge in [0.05, 0.1) is 5.75 Å². The van der Waals surface area contributed by atoms with Crippen LogP contribution in [0.3, 0.4) is 0 Å². The van der Waals surface area contributed by atoms with Gasteiger partial charge in [0.25, 0.3) is 0 Å². The van der Waals surface area contributed by atoms with Gasteiger partial charge in [0.1, 0.15) is 0 Å². The largest absolute Gasteiger partial charge is 0.385 e. The van der Waals surface area contributed by atoms with Crippen molar-refractivity contribution in [3.8, 4) is 0 Å². The van der Waals surface area contributed by atoms with Crippen molar-refractivity contribution < 1.29 is 13.2 Å². The lowest BCUT2D eigenvalue weighted by atomic mass is 10.3. The van der Waals surface area contributed by atoms with Gasteiger partial charge < -0.3 is 10.1 Å². The normalized spacial score (nSPS) is 21.1. The molecule has 0 radical (unpaired) electrons. The summed E-state index contributed by atoms with van der Waals surface area (Å²) in [6, 6.07) is 0.123. The molecule has 1 rings (SSSR count). The van der Waals surface area contributed by atoms with Crippen molar-refractivity contribution in [3.63, 3.8) is 0 Å². The maximum absolute atomic E-state index is 11.8. The van der Waals surface area contributed by atoms with Crippen molar-refractivity contribution in [1.82, 2.24) is 9.62 Å². The first-order chi connectivity index (χ1) is 7.08. The number of rotatable bonds is 6. The summed E-state index contributed by atoms with van der Waals surface area (Å²) in [6.45, 7) is 2.17. The molecule has 1 heterocycles. The summed E-state index contributed by atoms with van der Waals surface area (Å²) in [5, 5.41) is 3.16. The Hall–Kier alpha value is 0.120. The van der Waals surface area contributed by atoms with Crippen LogP contribution < -0.4 is 5.32 Å². The molecule has 1 saturated heterocycles. The topological polar surface area (TPSA) is 58.6 Å². The van der Waals surface area contributed by atoms with E-state index in [0.717, 1.165) is 19.5 Å². The third-order valence-corrected chi connectivity index (χ3v) is 4.72. The van der Waals surface area contributed by atoms with Crippen molar-refractivity contribution in [2.45, 2.75) is 18.9 Å². The molecule has 1 N–H and O–H groups in total. The summed E-state index contributed by atoms with van der Waals surface area (Å²) in [6.07, 6.45) is 1.46. The molecule has 1 aliphatic heterocycles. The van der Waals surface area contributed by atoms with E-state index in [1.54, 1.807) is 14.2 Å². The maximum atomic E-state index is 11.8.